The zero-order valence-corrected chi connectivity index (χ0v) is 46.6. The molecule has 0 aliphatic carbocycles. The Balaban J connectivity index is 1.75. The second-order valence-corrected chi connectivity index (χ2v) is 21.5. The molecule has 14 nitrogen and oxygen atoms in total. The molecule has 0 bridgehead atoms. The Labute approximate surface area is 449 Å². The SMILES string of the molecule is CCCCCCCCCCCCCCCCCCC/C=C/CC/C=C/CC/C=C/C(O)C(COC1OC(CO)C(OC2OC(CO)C(O)C(O)C2O)C(O)C1O)NC(=O)CCCCCCCCCCCCCCC. The molecular formula is C60H111NO13. The molecule has 2 heterocycles. The molecule has 1 amide bonds. The number of hydrogen-bond acceptors (Lipinski definition) is 13. The topological polar surface area (TPSA) is 228 Å². The zero-order chi connectivity index (χ0) is 53.9. The van der Waals surface area contributed by atoms with Gasteiger partial charge >= 0.3 is 0 Å². The maximum Gasteiger partial charge on any atom is 0.220 e. The molecular weight excluding hydrogens is 943 g/mol. The van der Waals surface area contributed by atoms with Crippen molar-refractivity contribution in [2.45, 2.75) is 319 Å². The predicted octanol–water partition coefficient (Wildman–Crippen LogP) is 10.2. The lowest BCUT2D eigenvalue weighted by molar-refractivity contribution is -0.359. The largest absolute Gasteiger partial charge is 0.394 e. The quantitative estimate of drug-likeness (QED) is 0.0204. The molecule has 9 N–H and O–H groups in total. The highest BCUT2D eigenvalue weighted by atomic mass is 16.7. The van der Waals surface area contributed by atoms with Crippen LogP contribution in [-0.2, 0) is 23.7 Å². The van der Waals surface area contributed by atoms with Gasteiger partial charge in [-0.05, 0) is 44.9 Å². The standard InChI is InChI=1S/C60H111NO13/c1-3-5-7-9-11-13-15-17-18-19-20-21-22-23-24-25-26-27-28-29-30-32-33-35-37-39-41-43-49(64)48(61-52(65)44-42-40-38-36-34-31-16-14-12-10-8-6-4-2)47-71-59-57(70)55(68)58(51(46-63)73-59)74-60-56(69)54(67)53(66)50(45-62)72-60/h28-29,33,35,41,43,48-51,53-60,62-64,66-70H,3-27,30-32,34,36-40,42,44-47H2,1-2H3,(H,61,65)/b29-28+,35-33+,43-41+. The van der Waals surface area contributed by atoms with Crippen LogP contribution in [0.1, 0.15) is 245 Å². The van der Waals surface area contributed by atoms with E-state index in [-0.39, 0.29) is 18.9 Å². The van der Waals surface area contributed by atoms with Crippen molar-refractivity contribution < 1.29 is 64.6 Å². The summed E-state index contributed by atoms with van der Waals surface area (Å²) in [5.74, 6) is -0.252. The van der Waals surface area contributed by atoms with Crippen LogP contribution >= 0.6 is 0 Å². The molecule has 2 fully saturated rings. The van der Waals surface area contributed by atoms with Crippen molar-refractivity contribution in [2.24, 2.45) is 0 Å². The van der Waals surface area contributed by atoms with Crippen molar-refractivity contribution in [1.82, 2.24) is 5.32 Å². The lowest BCUT2D eigenvalue weighted by Crippen LogP contribution is -2.65. The Morgan fingerprint density at radius 3 is 1.32 bits per heavy atom. The number of carbonyl (C=O) groups is 1. The van der Waals surface area contributed by atoms with Gasteiger partial charge in [0.25, 0.3) is 0 Å². The molecule has 0 radical (unpaired) electrons. The Bertz CT molecular complexity index is 1380. The van der Waals surface area contributed by atoms with Crippen molar-refractivity contribution in [3.63, 3.8) is 0 Å². The fourth-order valence-corrected chi connectivity index (χ4v) is 9.91. The van der Waals surface area contributed by atoms with Crippen LogP contribution in [0.25, 0.3) is 0 Å². The predicted molar refractivity (Wildman–Crippen MR) is 295 cm³/mol. The highest BCUT2D eigenvalue weighted by molar-refractivity contribution is 5.76. The lowest BCUT2D eigenvalue weighted by Gasteiger charge is -2.46. The summed E-state index contributed by atoms with van der Waals surface area (Å²) < 4.78 is 22.7. The number of hydrogen-bond donors (Lipinski definition) is 9. The van der Waals surface area contributed by atoms with E-state index >= 15 is 0 Å². The first-order valence-corrected chi connectivity index (χ1v) is 30.2. The number of unbranched alkanes of at least 4 members (excludes halogenated alkanes) is 31. The normalized spacial score (nSPS) is 25.4. The first-order valence-electron chi connectivity index (χ1n) is 30.2. The molecule has 434 valence electrons. The second-order valence-electron chi connectivity index (χ2n) is 21.5. The van der Waals surface area contributed by atoms with Crippen molar-refractivity contribution >= 4 is 5.91 Å². The Kier molecular flexibility index (Phi) is 42.6. The number of ether oxygens (including phenoxy) is 4. The van der Waals surface area contributed by atoms with Crippen LogP contribution in [-0.4, -0.2) is 140 Å². The third-order valence-electron chi connectivity index (χ3n) is 14.8. The molecule has 2 rings (SSSR count). The van der Waals surface area contributed by atoms with Crippen molar-refractivity contribution in [3.8, 4) is 0 Å². The molecule has 0 aromatic rings. The molecule has 14 heteroatoms. The van der Waals surface area contributed by atoms with Crippen LogP contribution in [0.3, 0.4) is 0 Å². The van der Waals surface area contributed by atoms with Gasteiger partial charge in [0.15, 0.2) is 12.6 Å². The zero-order valence-electron chi connectivity index (χ0n) is 46.6. The second kappa shape index (κ2) is 46.2. The summed E-state index contributed by atoms with van der Waals surface area (Å²) in [5, 5.41) is 87.0. The monoisotopic (exact) mass is 1050 g/mol. The molecule has 12 unspecified atom stereocenters. The molecule has 0 saturated carbocycles. The summed E-state index contributed by atoms with van der Waals surface area (Å²) in [6.45, 7) is 2.78. The number of carbonyl (C=O) groups excluding carboxylic acids is 1. The number of amides is 1. The number of allylic oxidation sites excluding steroid dienone is 5. The molecule has 2 aliphatic rings. The van der Waals surface area contributed by atoms with Crippen molar-refractivity contribution in [2.75, 3.05) is 19.8 Å². The molecule has 0 spiro atoms. The number of aliphatic hydroxyl groups is 8. The molecule has 0 aromatic carbocycles. The van der Waals surface area contributed by atoms with Gasteiger partial charge in [-0.3, -0.25) is 4.79 Å². The minimum atomic E-state index is -1.79. The van der Waals surface area contributed by atoms with Crippen LogP contribution in [0, 0.1) is 0 Å². The van der Waals surface area contributed by atoms with E-state index < -0.39 is 86.8 Å². The smallest absolute Gasteiger partial charge is 0.220 e. The third-order valence-corrected chi connectivity index (χ3v) is 14.8. The van der Waals surface area contributed by atoms with Crippen molar-refractivity contribution in [3.05, 3.63) is 36.5 Å². The molecule has 2 aliphatic heterocycles. The first-order chi connectivity index (χ1) is 36.1. The average molecular weight is 1050 g/mol. The Morgan fingerprint density at radius 2 is 0.865 bits per heavy atom. The van der Waals surface area contributed by atoms with E-state index in [1.54, 1.807) is 6.08 Å². The van der Waals surface area contributed by atoms with Crippen LogP contribution in [0.15, 0.2) is 36.5 Å². The minimum absolute atomic E-state index is 0.252. The first kappa shape index (κ1) is 68.3. The van der Waals surface area contributed by atoms with Gasteiger partial charge in [-0.25, -0.2) is 0 Å². The van der Waals surface area contributed by atoms with Crippen LogP contribution in [0.4, 0.5) is 0 Å². The lowest BCUT2D eigenvalue weighted by atomic mass is 9.97. The third kappa shape index (κ3) is 31.6. The molecule has 74 heavy (non-hydrogen) atoms. The van der Waals surface area contributed by atoms with Crippen LogP contribution in [0.5, 0.6) is 0 Å². The van der Waals surface area contributed by atoms with Gasteiger partial charge in [-0.15, -0.1) is 0 Å². The molecule has 0 aromatic heterocycles. The van der Waals surface area contributed by atoms with Gasteiger partial charge in [0.2, 0.25) is 5.91 Å². The summed E-state index contributed by atoms with van der Waals surface area (Å²) in [5.41, 5.74) is 0. The van der Waals surface area contributed by atoms with Gasteiger partial charge in [-0.2, -0.15) is 0 Å². The molecule has 12 atom stereocenters. The molecule has 2 saturated heterocycles. The summed E-state index contributed by atoms with van der Waals surface area (Å²) >= 11 is 0. The Morgan fingerprint density at radius 1 is 0.473 bits per heavy atom. The average Bonchev–Trinajstić information content (AvgIpc) is 3.40. The van der Waals surface area contributed by atoms with Crippen LogP contribution in [0.2, 0.25) is 0 Å². The maximum absolute atomic E-state index is 13.2. The summed E-state index contributed by atoms with van der Waals surface area (Å²) in [7, 11) is 0. The van der Waals surface area contributed by atoms with Gasteiger partial charge in [0, 0.05) is 6.42 Å². The summed E-state index contributed by atoms with van der Waals surface area (Å²) in [6.07, 6.45) is 39.2. The number of rotatable bonds is 48. The van der Waals surface area contributed by atoms with E-state index in [9.17, 15) is 45.6 Å². The Hall–Kier alpha value is -1.79. The van der Waals surface area contributed by atoms with E-state index in [4.69, 9.17) is 18.9 Å². The summed E-state index contributed by atoms with van der Waals surface area (Å²) in [4.78, 5) is 13.2. The van der Waals surface area contributed by atoms with Crippen LogP contribution < -0.4 is 5.32 Å². The minimum Gasteiger partial charge on any atom is -0.394 e. The van der Waals surface area contributed by atoms with E-state index in [2.05, 4.69) is 43.5 Å². The van der Waals surface area contributed by atoms with Gasteiger partial charge in [-0.1, -0.05) is 230 Å². The maximum atomic E-state index is 13.2. The van der Waals surface area contributed by atoms with E-state index in [1.165, 1.54) is 167 Å². The highest BCUT2D eigenvalue weighted by Crippen LogP contribution is 2.30. The van der Waals surface area contributed by atoms with Crippen molar-refractivity contribution in [1.29, 1.82) is 0 Å². The van der Waals surface area contributed by atoms with E-state index in [0.717, 1.165) is 44.9 Å². The van der Waals surface area contributed by atoms with E-state index in [0.29, 0.717) is 12.8 Å². The van der Waals surface area contributed by atoms with Gasteiger partial charge < -0.3 is 65.1 Å². The van der Waals surface area contributed by atoms with Gasteiger partial charge in [0.05, 0.1) is 32.0 Å². The highest BCUT2D eigenvalue weighted by Gasteiger charge is 2.51. The fraction of sp³-hybridized carbons (Fsp3) is 0.883. The fourth-order valence-electron chi connectivity index (χ4n) is 9.91. The summed E-state index contributed by atoms with van der Waals surface area (Å²) in [6, 6.07) is -0.935. The number of aliphatic hydroxyl groups excluding tert-OH is 8. The van der Waals surface area contributed by atoms with Gasteiger partial charge in [0.1, 0.15) is 48.8 Å². The van der Waals surface area contributed by atoms with E-state index in [1.807, 2.05) is 6.08 Å². The number of nitrogens with one attached hydrogen (secondary N) is 1.